The number of rotatable bonds is 61. The van der Waals surface area contributed by atoms with Gasteiger partial charge >= 0.3 is 19.8 Å². The number of allylic oxidation sites excluding steroid dienone is 16. The van der Waals surface area contributed by atoms with E-state index in [1.807, 2.05) is 0 Å². The molecule has 0 fully saturated rings. The van der Waals surface area contributed by atoms with Gasteiger partial charge in [0.2, 0.25) is 0 Å². The van der Waals surface area contributed by atoms with E-state index in [0.29, 0.717) is 6.42 Å². The van der Waals surface area contributed by atoms with Gasteiger partial charge in [0.15, 0.2) is 6.10 Å². The Hall–Kier alpha value is -3.07. The van der Waals surface area contributed by atoms with Crippen LogP contribution in [-0.2, 0) is 32.7 Å². The van der Waals surface area contributed by atoms with Gasteiger partial charge in [0, 0.05) is 19.4 Å². The number of hydrogen-bond donors (Lipinski definition) is 2. The average Bonchev–Trinajstić information content (AvgIpc) is 3.44. The zero-order chi connectivity index (χ0) is 57.3. The predicted octanol–water partition coefficient (Wildman–Crippen LogP) is 21.2. The lowest BCUT2D eigenvalue weighted by atomic mass is 10.0. The molecule has 0 rings (SSSR count). The Morgan fingerprint density at radius 3 is 0.975 bits per heavy atom. The van der Waals surface area contributed by atoms with E-state index in [0.717, 1.165) is 89.9 Å². The summed E-state index contributed by atoms with van der Waals surface area (Å²) in [5.41, 5.74) is 5.40. The van der Waals surface area contributed by atoms with Crippen LogP contribution in [-0.4, -0.2) is 49.3 Å². The van der Waals surface area contributed by atoms with Gasteiger partial charge in [-0.25, -0.2) is 4.57 Å². The van der Waals surface area contributed by atoms with Crippen molar-refractivity contribution in [2.24, 2.45) is 5.73 Å². The molecular formula is C69H122NO8P. The minimum atomic E-state index is -4.39. The Labute approximate surface area is 486 Å². The Balaban J connectivity index is 3.88. The lowest BCUT2D eigenvalue weighted by Crippen LogP contribution is -2.29. The SMILES string of the molecule is CC/C=C\C/C=C\C/C=C\C/C=C\CCCCCCCCCCCCCCCCCCCCCCC(=O)OC(COC(=O)CCCCCCCCCCCCCC/C=C\C/C=C\C/C=C\C/C=C\CC)COP(=O)(O)OCCN. The van der Waals surface area contributed by atoms with Crippen LogP contribution in [0.1, 0.15) is 296 Å². The van der Waals surface area contributed by atoms with Crippen molar-refractivity contribution in [3.63, 3.8) is 0 Å². The van der Waals surface area contributed by atoms with Gasteiger partial charge < -0.3 is 20.1 Å². The van der Waals surface area contributed by atoms with Gasteiger partial charge in [-0.15, -0.1) is 0 Å². The first kappa shape index (κ1) is 75.9. The molecule has 0 aromatic carbocycles. The van der Waals surface area contributed by atoms with Gasteiger partial charge in [0.1, 0.15) is 6.61 Å². The van der Waals surface area contributed by atoms with Crippen LogP contribution in [0, 0.1) is 0 Å². The third-order valence-electron chi connectivity index (χ3n) is 14.0. The molecule has 79 heavy (non-hydrogen) atoms. The monoisotopic (exact) mass is 1120 g/mol. The van der Waals surface area contributed by atoms with Crippen molar-refractivity contribution in [2.75, 3.05) is 26.4 Å². The summed E-state index contributed by atoms with van der Waals surface area (Å²) in [5.74, 6) is -0.821. The highest BCUT2D eigenvalue weighted by Gasteiger charge is 2.26. The number of ether oxygens (including phenoxy) is 2. The van der Waals surface area contributed by atoms with Gasteiger partial charge in [0.25, 0.3) is 0 Å². The maximum absolute atomic E-state index is 12.8. The Bertz CT molecular complexity index is 1610. The van der Waals surface area contributed by atoms with E-state index in [-0.39, 0.29) is 38.6 Å². The van der Waals surface area contributed by atoms with Crippen LogP contribution in [0.5, 0.6) is 0 Å². The first-order chi connectivity index (χ1) is 38.8. The number of phosphoric acid groups is 1. The number of unbranched alkanes of at least 4 members (excludes halogenated alkanes) is 32. The second-order valence-electron chi connectivity index (χ2n) is 21.6. The molecule has 0 amide bonds. The summed E-state index contributed by atoms with van der Waals surface area (Å²) in [6.07, 6.45) is 86.3. The van der Waals surface area contributed by atoms with Crippen LogP contribution in [0.25, 0.3) is 0 Å². The van der Waals surface area contributed by atoms with Crippen molar-refractivity contribution in [1.29, 1.82) is 0 Å². The molecule has 0 aromatic heterocycles. The molecular weight excluding hydrogens is 1000 g/mol. The maximum atomic E-state index is 12.8. The fourth-order valence-electron chi connectivity index (χ4n) is 9.21. The van der Waals surface area contributed by atoms with Crippen molar-refractivity contribution < 1.29 is 37.6 Å². The molecule has 0 saturated heterocycles. The number of carbonyl (C=O) groups is 2. The first-order valence-corrected chi connectivity index (χ1v) is 34.2. The van der Waals surface area contributed by atoms with Gasteiger partial charge in [-0.1, -0.05) is 291 Å². The quantitative estimate of drug-likeness (QED) is 0.0264. The summed E-state index contributed by atoms with van der Waals surface area (Å²) in [5, 5.41) is 0. The van der Waals surface area contributed by atoms with Crippen LogP contribution >= 0.6 is 7.82 Å². The summed E-state index contributed by atoms with van der Waals surface area (Å²) in [7, 11) is -4.39. The van der Waals surface area contributed by atoms with Crippen molar-refractivity contribution in [3.8, 4) is 0 Å². The number of nitrogens with two attached hydrogens (primary N) is 1. The molecule has 0 spiro atoms. The average molecular weight is 1120 g/mol. The van der Waals surface area contributed by atoms with E-state index < -0.39 is 26.5 Å². The van der Waals surface area contributed by atoms with Crippen LogP contribution < -0.4 is 5.73 Å². The molecule has 2 atom stereocenters. The first-order valence-electron chi connectivity index (χ1n) is 32.7. The summed E-state index contributed by atoms with van der Waals surface area (Å²) < 4.78 is 33.1. The normalized spacial score (nSPS) is 13.6. The summed E-state index contributed by atoms with van der Waals surface area (Å²) in [6, 6.07) is 0. The van der Waals surface area contributed by atoms with E-state index in [9.17, 15) is 19.0 Å². The maximum Gasteiger partial charge on any atom is 0.472 e. The van der Waals surface area contributed by atoms with E-state index in [4.69, 9.17) is 24.3 Å². The Morgan fingerprint density at radius 1 is 0.380 bits per heavy atom. The highest BCUT2D eigenvalue weighted by atomic mass is 31.2. The minimum Gasteiger partial charge on any atom is -0.462 e. The van der Waals surface area contributed by atoms with Crippen molar-refractivity contribution in [1.82, 2.24) is 0 Å². The molecule has 0 saturated carbocycles. The van der Waals surface area contributed by atoms with Gasteiger partial charge in [0.05, 0.1) is 13.2 Å². The molecule has 0 bridgehead atoms. The van der Waals surface area contributed by atoms with Crippen LogP contribution in [0.2, 0.25) is 0 Å². The second-order valence-corrected chi connectivity index (χ2v) is 23.0. The molecule has 0 aliphatic heterocycles. The fraction of sp³-hybridized carbons (Fsp3) is 0.739. The lowest BCUT2D eigenvalue weighted by Gasteiger charge is -2.19. The molecule has 9 nitrogen and oxygen atoms in total. The summed E-state index contributed by atoms with van der Waals surface area (Å²) in [6.45, 7) is 3.55. The number of hydrogen-bond acceptors (Lipinski definition) is 8. The highest BCUT2D eigenvalue weighted by molar-refractivity contribution is 7.47. The number of phosphoric ester groups is 1. The van der Waals surface area contributed by atoms with E-state index >= 15 is 0 Å². The van der Waals surface area contributed by atoms with Crippen molar-refractivity contribution in [2.45, 2.75) is 302 Å². The molecule has 456 valence electrons. The van der Waals surface area contributed by atoms with Gasteiger partial charge in [-0.05, 0) is 89.9 Å². The topological polar surface area (TPSA) is 134 Å². The van der Waals surface area contributed by atoms with E-state index in [2.05, 4.69) is 111 Å². The van der Waals surface area contributed by atoms with Crippen LogP contribution in [0.3, 0.4) is 0 Å². The number of carbonyl (C=O) groups excluding carboxylic acids is 2. The van der Waals surface area contributed by atoms with E-state index in [1.54, 1.807) is 0 Å². The molecule has 0 heterocycles. The standard InChI is InChI=1S/C69H122NO8P/c1-3-5-7-9-11-13-15-17-19-21-23-25-27-29-30-31-32-33-34-35-36-38-40-42-44-46-48-50-52-54-56-58-60-62-69(72)78-67(66-77-79(73,74)76-64-63-70)65-75-68(71)61-59-57-55-53-51-49-47-45-43-41-39-37-28-26-24-22-20-18-16-14-12-10-8-6-4-2/h5-8,11-14,17-20,23-26,67H,3-4,9-10,15-16,21-22,27-66,70H2,1-2H3,(H,73,74)/b7-5-,8-6-,13-11-,14-12-,19-17-,20-18-,25-23-,26-24-. The Morgan fingerprint density at radius 2 is 0.658 bits per heavy atom. The fourth-order valence-corrected chi connectivity index (χ4v) is 9.97. The van der Waals surface area contributed by atoms with E-state index in [1.165, 1.54) is 173 Å². The second kappa shape index (κ2) is 64.1. The molecule has 2 unspecified atom stereocenters. The molecule has 3 N–H and O–H groups in total. The molecule has 0 radical (unpaired) electrons. The predicted molar refractivity (Wildman–Crippen MR) is 339 cm³/mol. The zero-order valence-corrected chi connectivity index (χ0v) is 52.0. The molecule has 0 aromatic rings. The molecule has 0 aliphatic carbocycles. The third kappa shape index (κ3) is 64.0. The highest BCUT2D eigenvalue weighted by Crippen LogP contribution is 2.43. The zero-order valence-electron chi connectivity index (χ0n) is 51.1. The van der Waals surface area contributed by atoms with Gasteiger partial charge in [-0.2, -0.15) is 0 Å². The minimum absolute atomic E-state index is 0.0512. The van der Waals surface area contributed by atoms with Gasteiger partial charge in [-0.3, -0.25) is 18.6 Å². The lowest BCUT2D eigenvalue weighted by molar-refractivity contribution is -0.161. The van der Waals surface area contributed by atoms with Crippen molar-refractivity contribution in [3.05, 3.63) is 97.2 Å². The summed E-state index contributed by atoms with van der Waals surface area (Å²) in [4.78, 5) is 35.3. The van der Waals surface area contributed by atoms with Crippen LogP contribution in [0.15, 0.2) is 97.2 Å². The van der Waals surface area contributed by atoms with Crippen molar-refractivity contribution >= 4 is 19.8 Å². The van der Waals surface area contributed by atoms with Crippen LogP contribution in [0.4, 0.5) is 0 Å². The smallest absolute Gasteiger partial charge is 0.462 e. The summed E-state index contributed by atoms with van der Waals surface area (Å²) >= 11 is 0. The largest absolute Gasteiger partial charge is 0.472 e. The Kier molecular flexibility index (Phi) is 61.6. The number of esters is 2. The molecule has 0 aliphatic rings. The third-order valence-corrected chi connectivity index (χ3v) is 14.9. The molecule has 10 heteroatoms.